The van der Waals surface area contributed by atoms with Crippen LogP contribution in [0.15, 0.2) is 35.7 Å². The summed E-state index contributed by atoms with van der Waals surface area (Å²) >= 11 is 1.58. The first-order chi connectivity index (χ1) is 9.93. The van der Waals surface area contributed by atoms with Crippen molar-refractivity contribution in [3.05, 3.63) is 57.5 Å². The highest BCUT2D eigenvalue weighted by molar-refractivity contribution is 7.09. The normalized spacial score (nSPS) is 13.4. The second kappa shape index (κ2) is 6.58. The molecule has 1 heterocycles. The molecule has 1 aromatic carbocycles. The van der Waals surface area contributed by atoms with Gasteiger partial charge in [-0.25, -0.2) is 4.39 Å². The van der Waals surface area contributed by atoms with E-state index in [2.05, 4.69) is 5.32 Å². The minimum atomic E-state index is -4.67. The summed E-state index contributed by atoms with van der Waals surface area (Å²) in [7, 11) is 1.62. The van der Waals surface area contributed by atoms with Gasteiger partial charge in [-0.15, -0.1) is 11.3 Å². The molecule has 0 bridgehead atoms. The number of hydrogen-bond donors (Lipinski definition) is 1. The molecule has 1 N–H and O–H groups in total. The van der Waals surface area contributed by atoms with Crippen molar-refractivity contribution in [1.82, 2.24) is 5.32 Å². The lowest BCUT2D eigenvalue weighted by Gasteiger charge is -2.19. The highest BCUT2D eigenvalue weighted by Gasteiger charge is 2.35. The Labute approximate surface area is 124 Å². The summed E-state index contributed by atoms with van der Waals surface area (Å²) < 4.78 is 52.4. The van der Waals surface area contributed by atoms with Gasteiger partial charge in [-0.1, -0.05) is 18.2 Å². The number of hydrogen-bond acceptors (Lipinski definition) is 2. The molecule has 0 aliphatic rings. The third-order valence-electron chi connectivity index (χ3n) is 3.32. The topological polar surface area (TPSA) is 12.0 Å². The molecule has 1 unspecified atom stereocenters. The molecule has 0 aliphatic carbocycles. The van der Waals surface area contributed by atoms with Gasteiger partial charge in [0.1, 0.15) is 5.82 Å². The number of halogens is 4. The highest BCUT2D eigenvalue weighted by atomic mass is 32.1. The van der Waals surface area contributed by atoms with Gasteiger partial charge in [0.15, 0.2) is 0 Å². The van der Waals surface area contributed by atoms with Crippen LogP contribution in [0.1, 0.15) is 28.5 Å². The molecule has 1 atom stereocenters. The third-order valence-corrected chi connectivity index (χ3v) is 4.25. The van der Waals surface area contributed by atoms with Crippen LogP contribution in [0.2, 0.25) is 0 Å². The average Bonchev–Trinajstić information content (AvgIpc) is 2.93. The van der Waals surface area contributed by atoms with Crippen molar-refractivity contribution < 1.29 is 17.6 Å². The Hall–Kier alpha value is -1.40. The predicted molar refractivity (Wildman–Crippen MR) is 75.8 cm³/mol. The summed E-state index contributed by atoms with van der Waals surface area (Å²) in [6, 6.07) is 6.84. The number of alkyl halides is 3. The zero-order valence-corrected chi connectivity index (χ0v) is 12.2. The van der Waals surface area contributed by atoms with E-state index in [1.165, 1.54) is 12.1 Å². The summed E-state index contributed by atoms with van der Waals surface area (Å²) in [4.78, 5) is 1.13. The summed E-state index contributed by atoms with van der Waals surface area (Å²) in [6.45, 7) is 0. The Kier molecular flexibility index (Phi) is 5.00. The molecule has 1 nitrogen and oxygen atoms in total. The maximum absolute atomic E-state index is 14.1. The molecule has 2 aromatic rings. The van der Waals surface area contributed by atoms with Crippen LogP contribution < -0.4 is 5.32 Å². The molecule has 1 aromatic heterocycles. The third kappa shape index (κ3) is 3.83. The number of rotatable bonds is 5. The van der Waals surface area contributed by atoms with E-state index in [4.69, 9.17) is 0 Å². The molecule has 0 saturated heterocycles. The predicted octanol–water partition coefficient (Wildman–Crippen LogP) is 4.80. The van der Waals surface area contributed by atoms with Gasteiger partial charge in [-0.2, -0.15) is 13.2 Å². The lowest BCUT2D eigenvalue weighted by atomic mass is 9.98. The van der Waals surface area contributed by atoms with E-state index in [9.17, 15) is 17.6 Å². The van der Waals surface area contributed by atoms with E-state index in [-0.39, 0.29) is 5.56 Å². The Bertz CT molecular complexity index is 578. The fourth-order valence-electron chi connectivity index (χ4n) is 2.23. The van der Waals surface area contributed by atoms with Crippen molar-refractivity contribution in [2.75, 3.05) is 7.05 Å². The van der Waals surface area contributed by atoms with Gasteiger partial charge in [0.25, 0.3) is 0 Å². The molecule has 0 radical (unpaired) electrons. The Balaban J connectivity index is 2.22. The summed E-state index contributed by atoms with van der Waals surface area (Å²) in [5.41, 5.74) is -1.15. The molecule has 0 amide bonds. The molecular formula is C15H15F4NS. The smallest absolute Gasteiger partial charge is 0.313 e. The average molecular weight is 317 g/mol. The van der Waals surface area contributed by atoms with Crippen molar-refractivity contribution >= 4 is 11.3 Å². The Morgan fingerprint density at radius 3 is 2.52 bits per heavy atom. The van der Waals surface area contributed by atoms with Gasteiger partial charge in [0.05, 0.1) is 5.56 Å². The highest BCUT2D eigenvalue weighted by Crippen LogP contribution is 2.34. The first-order valence-electron chi connectivity index (χ1n) is 6.48. The van der Waals surface area contributed by atoms with Gasteiger partial charge in [0.2, 0.25) is 0 Å². The summed E-state index contributed by atoms with van der Waals surface area (Å²) in [5.74, 6) is -1.18. The largest absolute Gasteiger partial charge is 0.419 e. The SMILES string of the molecule is CNC(CCc1cccs1)c1cccc(C(F)(F)F)c1F. The Morgan fingerprint density at radius 1 is 1.19 bits per heavy atom. The fourth-order valence-corrected chi connectivity index (χ4v) is 2.96. The maximum atomic E-state index is 14.1. The van der Waals surface area contributed by atoms with Crippen LogP contribution in [0.3, 0.4) is 0 Å². The quantitative estimate of drug-likeness (QED) is 0.781. The number of aryl methyl sites for hydroxylation is 1. The minimum absolute atomic E-state index is 0.0591. The molecule has 0 aliphatic heterocycles. The van der Waals surface area contributed by atoms with Crippen LogP contribution in [0, 0.1) is 5.82 Å². The van der Waals surface area contributed by atoms with E-state index >= 15 is 0 Å². The zero-order valence-electron chi connectivity index (χ0n) is 11.4. The standard InChI is InChI=1S/C15H15F4NS/c1-20-13(8-7-10-4-3-9-21-10)11-5-2-6-12(14(11)16)15(17,18)19/h2-6,9,13,20H,7-8H2,1H3. The van der Waals surface area contributed by atoms with Crippen molar-refractivity contribution in [1.29, 1.82) is 0 Å². The molecule has 0 spiro atoms. The number of nitrogens with one attached hydrogen (secondary N) is 1. The van der Waals surface area contributed by atoms with Crippen LogP contribution in [0.4, 0.5) is 17.6 Å². The van der Waals surface area contributed by atoms with Gasteiger partial charge in [-0.05, 0) is 37.4 Å². The molecule has 2 rings (SSSR count). The Morgan fingerprint density at radius 2 is 1.95 bits per heavy atom. The van der Waals surface area contributed by atoms with E-state index in [0.29, 0.717) is 12.8 Å². The van der Waals surface area contributed by atoms with Gasteiger partial charge in [0, 0.05) is 16.5 Å². The lowest BCUT2D eigenvalue weighted by Crippen LogP contribution is -2.20. The lowest BCUT2D eigenvalue weighted by molar-refractivity contribution is -0.140. The van der Waals surface area contributed by atoms with Crippen LogP contribution >= 0.6 is 11.3 Å². The van der Waals surface area contributed by atoms with Crippen molar-refractivity contribution in [3.63, 3.8) is 0 Å². The molecule has 114 valence electrons. The molecular weight excluding hydrogens is 302 g/mol. The zero-order chi connectivity index (χ0) is 15.5. The first-order valence-corrected chi connectivity index (χ1v) is 7.36. The van der Waals surface area contributed by atoms with Crippen molar-refractivity contribution in [3.8, 4) is 0 Å². The summed E-state index contributed by atoms with van der Waals surface area (Å²) in [5, 5.41) is 4.84. The van der Waals surface area contributed by atoms with Gasteiger partial charge in [-0.3, -0.25) is 0 Å². The van der Waals surface area contributed by atoms with Gasteiger partial charge >= 0.3 is 6.18 Å². The maximum Gasteiger partial charge on any atom is 0.419 e. The van der Waals surface area contributed by atoms with Crippen molar-refractivity contribution in [2.45, 2.75) is 25.1 Å². The molecule has 6 heteroatoms. The monoisotopic (exact) mass is 317 g/mol. The van der Waals surface area contributed by atoms with E-state index < -0.39 is 23.6 Å². The second-order valence-electron chi connectivity index (χ2n) is 4.67. The van der Waals surface area contributed by atoms with E-state index in [1.54, 1.807) is 18.4 Å². The summed E-state index contributed by atoms with van der Waals surface area (Å²) in [6.07, 6.45) is -3.44. The molecule has 21 heavy (non-hydrogen) atoms. The molecule has 0 fully saturated rings. The van der Waals surface area contributed by atoms with E-state index in [1.807, 2.05) is 17.5 Å². The van der Waals surface area contributed by atoms with Crippen LogP contribution in [0.5, 0.6) is 0 Å². The van der Waals surface area contributed by atoms with Crippen LogP contribution in [-0.4, -0.2) is 7.05 Å². The van der Waals surface area contributed by atoms with Crippen molar-refractivity contribution in [2.24, 2.45) is 0 Å². The van der Waals surface area contributed by atoms with Gasteiger partial charge < -0.3 is 5.32 Å². The fraction of sp³-hybridized carbons (Fsp3) is 0.333. The first kappa shape index (κ1) is 16.0. The van der Waals surface area contributed by atoms with Crippen LogP contribution in [0.25, 0.3) is 0 Å². The number of benzene rings is 1. The minimum Gasteiger partial charge on any atom is -0.313 e. The number of thiophene rings is 1. The molecule has 0 saturated carbocycles. The van der Waals surface area contributed by atoms with Crippen LogP contribution in [-0.2, 0) is 12.6 Å². The van der Waals surface area contributed by atoms with E-state index in [0.717, 1.165) is 10.9 Å². The second-order valence-corrected chi connectivity index (χ2v) is 5.70.